The zero-order chi connectivity index (χ0) is 17.7. The molecule has 5 aromatic rings. The summed E-state index contributed by atoms with van der Waals surface area (Å²) in [6, 6.07) is 29.4. The molecule has 2 aliphatic rings. The van der Waals surface area contributed by atoms with Gasteiger partial charge in [0.05, 0.1) is 0 Å². The van der Waals surface area contributed by atoms with Crippen molar-refractivity contribution in [1.82, 2.24) is 4.48 Å². The third-order valence-corrected chi connectivity index (χ3v) is 6.85. The fourth-order valence-electron chi connectivity index (χ4n) is 5.28. The van der Waals surface area contributed by atoms with Crippen LogP contribution in [0, 0.1) is 3.57 Å². The number of aromatic nitrogens is 1. The highest BCUT2D eigenvalue weighted by atomic mass is 127. The number of rotatable bonds is 0. The number of hydrogen-bond acceptors (Lipinski definition) is 0. The molecule has 0 amide bonds. The van der Waals surface area contributed by atoms with E-state index in [2.05, 4.69) is 106 Å². The van der Waals surface area contributed by atoms with Crippen LogP contribution in [0.4, 0.5) is 0 Å². The van der Waals surface area contributed by atoms with Gasteiger partial charge in [0, 0.05) is 36.5 Å². The monoisotopic (exact) mass is 453 g/mol. The van der Waals surface area contributed by atoms with Gasteiger partial charge in [-0.25, -0.2) is 0 Å². The second kappa shape index (κ2) is 4.84. The lowest BCUT2D eigenvalue weighted by Crippen LogP contribution is -2.53. The Morgan fingerprint density at radius 2 is 1.22 bits per heavy atom. The van der Waals surface area contributed by atoms with Crippen LogP contribution in [-0.2, 0) is 0 Å². The molecule has 1 aromatic heterocycles. The number of benzene rings is 4. The predicted molar refractivity (Wildman–Crippen MR) is 123 cm³/mol. The maximum absolute atomic E-state index is 2.61. The summed E-state index contributed by atoms with van der Waals surface area (Å²) in [4.78, 5) is 0. The molecular weight excluding hydrogens is 440 g/mol. The Hall–Kier alpha value is -2.53. The van der Waals surface area contributed by atoms with Gasteiger partial charge in [0.2, 0.25) is 0 Å². The second-order valence-electron chi connectivity index (χ2n) is 7.50. The molecule has 2 aliphatic heterocycles. The van der Waals surface area contributed by atoms with Crippen LogP contribution in [0.2, 0.25) is 0 Å². The summed E-state index contributed by atoms with van der Waals surface area (Å²) in [7, 11) is 0. The number of para-hydroxylation sites is 1. The van der Waals surface area contributed by atoms with E-state index in [0.717, 1.165) is 0 Å². The second-order valence-corrected chi connectivity index (χ2v) is 8.74. The molecule has 0 N–H and O–H groups in total. The van der Waals surface area contributed by atoms with Crippen LogP contribution in [0.1, 0.15) is 0 Å². The number of hydrogen-bond donors (Lipinski definition) is 0. The third-order valence-electron chi connectivity index (χ3n) is 6.23. The van der Waals surface area contributed by atoms with Crippen LogP contribution in [0.15, 0.2) is 78.9 Å². The molecule has 1 nitrogen and oxygen atoms in total. The van der Waals surface area contributed by atoms with E-state index in [1.54, 1.807) is 0 Å². The Balaban J connectivity index is 1.85. The Bertz CT molecular complexity index is 1450. The maximum Gasteiger partial charge on any atom is 0.329 e. The van der Waals surface area contributed by atoms with Crippen molar-refractivity contribution in [3.8, 4) is 22.3 Å². The van der Waals surface area contributed by atoms with E-state index in [9.17, 15) is 0 Å². The Morgan fingerprint density at radius 3 is 2.00 bits per heavy atom. The molecule has 0 bridgehead atoms. The van der Waals surface area contributed by atoms with Crippen molar-refractivity contribution >= 4 is 62.2 Å². The first kappa shape index (κ1) is 14.5. The van der Waals surface area contributed by atoms with Crippen molar-refractivity contribution in [1.29, 1.82) is 0 Å². The Labute approximate surface area is 170 Å². The topological polar surface area (TPSA) is 4.93 Å². The number of fused-ring (bicyclic) bond motifs is 7. The molecule has 4 aromatic carbocycles. The molecule has 0 spiro atoms. The van der Waals surface area contributed by atoms with Gasteiger partial charge in [0.25, 0.3) is 0 Å². The first-order valence-electron chi connectivity index (χ1n) is 9.28. The van der Waals surface area contributed by atoms with Crippen LogP contribution in [-0.4, -0.2) is 11.3 Å². The number of halogens is 1. The van der Waals surface area contributed by atoms with Gasteiger partial charge in [0.1, 0.15) is 0 Å². The third kappa shape index (κ3) is 1.63. The summed E-state index contributed by atoms with van der Waals surface area (Å²) in [5.41, 5.74) is 11.1. The van der Waals surface area contributed by atoms with E-state index in [4.69, 9.17) is 0 Å². The van der Waals surface area contributed by atoms with Gasteiger partial charge >= 0.3 is 6.85 Å². The van der Waals surface area contributed by atoms with Crippen LogP contribution < -0.4 is 10.9 Å². The first-order chi connectivity index (χ1) is 13.3. The predicted octanol–water partition coefficient (Wildman–Crippen LogP) is 5.01. The average molecular weight is 453 g/mol. The molecule has 124 valence electrons. The summed E-state index contributed by atoms with van der Waals surface area (Å²) in [6.45, 7) is 0.250. The van der Waals surface area contributed by atoms with Crippen molar-refractivity contribution in [3.05, 3.63) is 82.4 Å². The molecule has 0 atom stereocenters. The molecule has 0 fully saturated rings. The highest BCUT2D eigenvalue weighted by Gasteiger charge is 2.38. The van der Waals surface area contributed by atoms with Crippen LogP contribution in [0.5, 0.6) is 0 Å². The lowest BCUT2D eigenvalue weighted by atomic mass is 9.45. The average Bonchev–Trinajstić information content (AvgIpc) is 3.04. The van der Waals surface area contributed by atoms with Crippen molar-refractivity contribution in [2.45, 2.75) is 0 Å². The molecule has 3 heterocycles. The normalized spacial score (nSPS) is 13.3. The first-order valence-corrected chi connectivity index (χ1v) is 10.4. The van der Waals surface area contributed by atoms with E-state index < -0.39 is 0 Å². The van der Waals surface area contributed by atoms with Gasteiger partial charge in [0.15, 0.2) is 0 Å². The van der Waals surface area contributed by atoms with E-state index in [1.165, 1.54) is 58.6 Å². The van der Waals surface area contributed by atoms with Gasteiger partial charge in [-0.15, -0.1) is 0 Å². The molecule has 0 saturated carbocycles. The summed E-state index contributed by atoms with van der Waals surface area (Å²) in [5, 5.41) is 2.75. The molecular formula is C24H13BIN. The minimum atomic E-state index is 0.250. The summed E-state index contributed by atoms with van der Waals surface area (Å²) in [6.07, 6.45) is 0. The largest absolute Gasteiger partial charge is 0.375 e. The molecule has 27 heavy (non-hydrogen) atoms. The lowest BCUT2D eigenvalue weighted by molar-refractivity contribution is 1.31. The van der Waals surface area contributed by atoms with Crippen molar-refractivity contribution in [3.63, 3.8) is 0 Å². The molecule has 0 aliphatic carbocycles. The van der Waals surface area contributed by atoms with Gasteiger partial charge in [-0.05, 0) is 56.8 Å². The SMILES string of the molecule is Ic1cc2c3c(c1)c1cccc4c1n3B(c1ccccc1-4)c1ccccc1-2. The van der Waals surface area contributed by atoms with Crippen LogP contribution in [0.3, 0.4) is 0 Å². The van der Waals surface area contributed by atoms with Gasteiger partial charge in [-0.3, -0.25) is 0 Å². The lowest BCUT2D eigenvalue weighted by Gasteiger charge is -2.32. The van der Waals surface area contributed by atoms with E-state index in [-0.39, 0.29) is 6.85 Å². The Morgan fingerprint density at radius 1 is 0.593 bits per heavy atom. The number of nitrogens with zero attached hydrogens (tertiary/aromatic N) is 1. The summed E-state index contributed by atoms with van der Waals surface area (Å²) >= 11 is 2.46. The summed E-state index contributed by atoms with van der Waals surface area (Å²) in [5.74, 6) is 0. The molecule has 0 saturated heterocycles. The van der Waals surface area contributed by atoms with Gasteiger partial charge in [-0.1, -0.05) is 66.7 Å². The van der Waals surface area contributed by atoms with Crippen LogP contribution in [0.25, 0.3) is 44.1 Å². The highest BCUT2D eigenvalue weighted by Crippen LogP contribution is 2.44. The van der Waals surface area contributed by atoms with Crippen molar-refractivity contribution < 1.29 is 0 Å². The molecule has 0 radical (unpaired) electrons. The van der Waals surface area contributed by atoms with E-state index >= 15 is 0 Å². The molecule has 0 unspecified atom stereocenters. The minimum Gasteiger partial charge on any atom is -0.375 e. The van der Waals surface area contributed by atoms with E-state index in [0.29, 0.717) is 0 Å². The quantitative estimate of drug-likeness (QED) is 0.225. The Kier molecular flexibility index (Phi) is 2.61. The van der Waals surface area contributed by atoms with Gasteiger partial charge < -0.3 is 4.48 Å². The van der Waals surface area contributed by atoms with Crippen molar-refractivity contribution in [2.75, 3.05) is 0 Å². The zero-order valence-electron chi connectivity index (χ0n) is 14.4. The fraction of sp³-hybridized carbons (Fsp3) is 0. The van der Waals surface area contributed by atoms with Crippen LogP contribution >= 0.6 is 22.6 Å². The minimum absolute atomic E-state index is 0.250. The zero-order valence-corrected chi connectivity index (χ0v) is 16.6. The van der Waals surface area contributed by atoms with E-state index in [1.807, 2.05) is 0 Å². The maximum atomic E-state index is 2.61. The van der Waals surface area contributed by atoms with Crippen molar-refractivity contribution in [2.24, 2.45) is 0 Å². The van der Waals surface area contributed by atoms with Gasteiger partial charge in [-0.2, -0.15) is 0 Å². The molecule has 7 rings (SSSR count). The standard InChI is InChI=1S/C24H13BIN/c26-14-12-19-16-7-2-4-11-22(16)25-21-10-3-1-6-15(21)17-8-5-9-18-20(13-14)24(19)27(25)23(17)18/h1-13H. The fourth-order valence-corrected chi connectivity index (χ4v) is 5.91. The molecule has 3 heteroatoms. The highest BCUT2D eigenvalue weighted by molar-refractivity contribution is 14.1. The smallest absolute Gasteiger partial charge is 0.329 e. The summed E-state index contributed by atoms with van der Waals surface area (Å²) < 4.78 is 3.90.